The Hall–Kier alpha value is -1.94. The van der Waals surface area contributed by atoms with Crippen LogP contribution in [-0.4, -0.2) is 53.2 Å². The molecule has 1 aliphatic rings. The van der Waals surface area contributed by atoms with Crippen LogP contribution in [0.2, 0.25) is 0 Å². The molecule has 0 aliphatic carbocycles. The zero-order chi connectivity index (χ0) is 21.3. The average Bonchev–Trinajstić information content (AvgIpc) is 3.02. The number of hydrogen-bond acceptors (Lipinski definition) is 6. The van der Waals surface area contributed by atoms with E-state index in [1.165, 1.54) is 18.5 Å². The molecule has 9 nitrogen and oxygen atoms in total. The van der Waals surface area contributed by atoms with Gasteiger partial charge in [0.05, 0.1) is 10.9 Å². The SMILES string of the molecule is Cn1nc(C(C)(C)C)cc1C(=O)NNC(=O)C(C)(C)S(=O)(=O)C1CCOCC1. The summed E-state index contributed by atoms with van der Waals surface area (Å²) in [4.78, 5) is 25.0. The van der Waals surface area contributed by atoms with Crippen LogP contribution < -0.4 is 10.9 Å². The molecule has 2 amide bonds. The molecule has 1 aliphatic heterocycles. The van der Waals surface area contributed by atoms with Crippen molar-refractivity contribution in [2.45, 2.75) is 62.9 Å². The van der Waals surface area contributed by atoms with Crippen LogP contribution in [0.5, 0.6) is 0 Å². The average molecular weight is 415 g/mol. The molecule has 2 N–H and O–H groups in total. The monoisotopic (exact) mass is 414 g/mol. The first-order chi connectivity index (χ1) is 12.8. The molecule has 158 valence electrons. The second-order valence-corrected chi connectivity index (χ2v) is 11.3. The van der Waals surface area contributed by atoms with Gasteiger partial charge < -0.3 is 4.74 Å². The summed E-state index contributed by atoms with van der Waals surface area (Å²) >= 11 is 0. The largest absolute Gasteiger partial charge is 0.381 e. The molecular weight excluding hydrogens is 384 g/mol. The molecule has 0 bridgehead atoms. The number of carbonyl (C=O) groups excluding carboxylic acids is 2. The van der Waals surface area contributed by atoms with Crippen molar-refractivity contribution in [2.75, 3.05) is 13.2 Å². The maximum absolute atomic E-state index is 12.9. The lowest BCUT2D eigenvalue weighted by Gasteiger charge is -2.31. The van der Waals surface area contributed by atoms with Gasteiger partial charge >= 0.3 is 0 Å². The zero-order valence-corrected chi connectivity index (χ0v) is 18.1. The van der Waals surface area contributed by atoms with Crippen molar-refractivity contribution < 1.29 is 22.7 Å². The van der Waals surface area contributed by atoms with Crippen molar-refractivity contribution in [1.82, 2.24) is 20.6 Å². The second-order valence-electron chi connectivity index (χ2n) is 8.56. The van der Waals surface area contributed by atoms with Crippen LogP contribution in [0, 0.1) is 0 Å². The van der Waals surface area contributed by atoms with Crippen molar-refractivity contribution in [1.29, 1.82) is 0 Å². The number of amides is 2. The Morgan fingerprint density at radius 1 is 1.14 bits per heavy atom. The van der Waals surface area contributed by atoms with Gasteiger partial charge in [-0.15, -0.1) is 0 Å². The van der Waals surface area contributed by atoms with Gasteiger partial charge in [0.25, 0.3) is 11.8 Å². The van der Waals surface area contributed by atoms with Crippen LogP contribution in [0.25, 0.3) is 0 Å². The minimum atomic E-state index is -3.76. The summed E-state index contributed by atoms with van der Waals surface area (Å²) in [5.74, 6) is -1.36. The Balaban J connectivity index is 2.08. The Morgan fingerprint density at radius 3 is 2.21 bits per heavy atom. The Bertz CT molecular complexity index is 846. The molecule has 0 spiro atoms. The Kier molecular flexibility index (Phi) is 6.25. The fraction of sp³-hybridized carbons (Fsp3) is 0.722. The highest BCUT2D eigenvalue weighted by molar-refractivity contribution is 7.94. The Morgan fingerprint density at radius 2 is 1.71 bits per heavy atom. The van der Waals surface area contributed by atoms with Gasteiger partial charge in [-0.05, 0) is 32.8 Å². The van der Waals surface area contributed by atoms with Crippen LogP contribution >= 0.6 is 0 Å². The zero-order valence-electron chi connectivity index (χ0n) is 17.3. The van der Waals surface area contributed by atoms with Gasteiger partial charge in [-0.3, -0.25) is 25.1 Å². The molecule has 1 saturated heterocycles. The second kappa shape index (κ2) is 7.82. The molecule has 0 aromatic carbocycles. The Labute approximate surface area is 166 Å². The highest BCUT2D eigenvalue weighted by atomic mass is 32.2. The van der Waals surface area contributed by atoms with Crippen LogP contribution in [-0.2, 0) is 31.8 Å². The maximum Gasteiger partial charge on any atom is 0.287 e. The molecule has 10 heteroatoms. The molecule has 1 aromatic heterocycles. The van der Waals surface area contributed by atoms with Crippen molar-refractivity contribution >= 4 is 21.7 Å². The van der Waals surface area contributed by atoms with Crippen molar-refractivity contribution in [3.63, 3.8) is 0 Å². The van der Waals surface area contributed by atoms with E-state index in [9.17, 15) is 18.0 Å². The van der Waals surface area contributed by atoms with E-state index in [0.717, 1.165) is 5.69 Å². The number of nitrogens with one attached hydrogen (secondary N) is 2. The number of aryl methyl sites for hydroxylation is 1. The molecule has 0 atom stereocenters. The topological polar surface area (TPSA) is 119 Å². The normalized spacial score (nSPS) is 16.6. The summed E-state index contributed by atoms with van der Waals surface area (Å²) in [6.07, 6.45) is 0.714. The van der Waals surface area contributed by atoms with Gasteiger partial charge in [0.2, 0.25) is 0 Å². The summed E-state index contributed by atoms with van der Waals surface area (Å²) in [5.41, 5.74) is 5.30. The molecule has 28 heavy (non-hydrogen) atoms. The minimum absolute atomic E-state index is 0.237. The van der Waals surface area contributed by atoms with E-state index in [-0.39, 0.29) is 11.1 Å². The summed E-state index contributed by atoms with van der Waals surface area (Å²) in [5, 5.41) is 3.68. The first-order valence-corrected chi connectivity index (χ1v) is 10.8. The first kappa shape index (κ1) is 22.4. The lowest BCUT2D eigenvalue weighted by atomic mass is 9.92. The molecule has 0 unspecified atom stereocenters. The van der Waals surface area contributed by atoms with E-state index in [0.29, 0.717) is 26.1 Å². The van der Waals surface area contributed by atoms with Gasteiger partial charge in [-0.2, -0.15) is 5.10 Å². The molecule has 1 aromatic rings. The molecule has 0 radical (unpaired) electrons. The number of hydrogen-bond donors (Lipinski definition) is 2. The summed E-state index contributed by atoms with van der Waals surface area (Å²) in [7, 11) is -2.13. The highest BCUT2D eigenvalue weighted by Gasteiger charge is 2.46. The van der Waals surface area contributed by atoms with Crippen LogP contribution in [0.15, 0.2) is 6.07 Å². The molecule has 0 saturated carbocycles. The van der Waals surface area contributed by atoms with Crippen molar-refractivity contribution in [3.8, 4) is 0 Å². The predicted octanol–water partition coefficient (Wildman–Crippen LogP) is 0.851. The van der Waals surface area contributed by atoms with Crippen molar-refractivity contribution in [3.05, 3.63) is 17.5 Å². The number of hydrazine groups is 1. The smallest absolute Gasteiger partial charge is 0.287 e. The predicted molar refractivity (Wildman–Crippen MR) is 104 cm³/mol. The van der Waals surface area contributed by atoms with E-state index in [1.807, 2.05) is 20.8 Å². The van der Waals surface area contributed by atoms with Crippen LogP contribution in [0.4, 0.5) is 0 Å². The fourth-order valence-corrected chi connectivity index (χ4v) is 4.86. The molecule has 1 fully saturated rings. The first-order valence-electron chi connectivity index (χ1n) is 9.25. The minimum Gasteiger partial charge on any atom is -0.381 e. The summed E-state index contributed by atoms with van der Waals surface area (Å²) in [6.45, 7) is 9.33. The number of sulfone groups is 1. The highest BCUT2D eigenvalue weighted by Crippen LogP contribution is 2.27. The van der Waals surface area contributed by atoms with Crippen molar-refractivity contribution in [2.24, 2.45) is 7.05 Å². The summed E-state index contributed by atoms with van der Waals surface area (Å²) in [6, 6.07) is 1.64. The van der Waals surface area contributed by atoms with Crippen LogP contribution in [0.1, 0.15) is 63.6 Å². The van der Waals surface area contributed by atoms with Gasteiger partial charge in [0, 0.05) is 25.7 Å². The van der Waals surface area contributed by atoms with Gasteiger partial charge in [0.1, 0.15) is 10.4 Å². The van der Waals surface area contributed by atoms with E-state index in [1.54, 1.807) is 13.1 Å². The van der Waals surface area contributed by atoms with E-state index in [2.05, 4.69) is 16.0 Å². The quantitative estimate of drug-likeness (QED) is 0.705. The summed E-state index contributed by atoms with van der Waals surface area (Å²) < 4.78 is 30.7. The van der Waals surface area contributed by atoms with E-state index < -0.39 is 31.6 Å². The number of rotatable bonds is 4. The van der Waals surface area contributed by atoms with E-state index >= 15 is 0 Å². The lowest BCUT2D eigenvalue weighted by molar-refractivity contribution is -0.123. The van der Waals surface area contributed by atoms with Gasteiger partial charge in [-0.1, -0.05) is 20.8 Å². The standard InChI is InChI=1S/C18H30N4O5S/c1-17(2,3)14-11-13(22(6)21-14)15(23)19-20-16(24)18(4,5)28(25,26)12-7-9-27-10-8-12/h11-12H,7-10H2,1-6H3,(H,19,23)(H,20,24). The van der Waals surface area contributed by atoms with Gasteiger partial charge in [0.15, 0.2) is 9.84 Å². The molecule has 2 heterocycles. The third-order valence-electron chi connectivity index (χ3n) is 5.04. The number of carbonyl (C=O) groups is 2. The number of nitrogens with zero attached hydrogens (tertiary/aromatic N) is 2. The van der Waals surface area contributed by atoms with Crippen LogP contribution in [0.3, 0.4) is 0 Å². The third kappa shape index (κ3) is 4.38. The van der Waals surface area contributed by atoms with E-state index in [4.69, 9.17) is 4.74 Å². The number of aromatic nitrogens is 2. The molecular formula is C18H30N4O5S. The lowest BCUT2D eigenvalue weighted by Crippen LogP contribution is -2.56. The molecule has 2 rings (SSSR count). The maximum atomic E-state index is 12.9. The number of ether oxygens (including phenoxy) is 1. The third-order valence-corrected chi connectivity index (χ3v) is 7.99. The fourth-order valence-electron chi connectivity index (χ4n) is 2.91. The van der Waals surface area contributed by atoms with Gasteiger partial charge in [-0.25, -0.2) is 8.42 Å².